The molecule has 7 nitrogen and oxygen atoms in total. The number of fused-ring (bicyclic) bond motifs is 1. The van der Waals surface area contributed by atoms with Gasteiger partial charge in [-0.15, -0.1) is 0 Å². The minimum Gasteiger partial charge on any atom is -0.335 e. The predicted molar refractivity (Wildman–Crippen MR) is 92.2 cm³/mol. The summed E-state index contributed by atoms with van der Waals surface area (Å²) in [6, 6.07) is 3.34. The fraction of sp³-hybridized carbons (Fsp3) is 0.389. The van der Waals surface area contributed by atoms with Gasteiger partial charge in [0.15, 0.2) is 5.69 Å². The van der Waals surface area contributed by atoms with Crippen molar-refractivity contribution < 1.29 is 18.4 Å². The molecule has 9 heteroatoms. The molecule has 2 aromatic rings. The number of aromatic amines is 1. The van der Waals surface area contributed by atoms with Crippen molar-refractivity contribution in [1.82, 2.24) is 25.3 Å². The Morgan fingerprint density at radius 2 is 1.63 bits per heavy atom. The highest BCUT2D eigenvalue weighted by Gasteiger charge is 2.31. The van der Waals surface area contributed by atoms with Gasteiger partial charge in [-0.2, -0.15) is 5.10 Å². The van der Waals surface area contributed by atoms with Crippen LogP contribution >= 0.6 is 0 Å². The van der Waals surface area contributed by atoms with Crippen LogP contribution in [0.25, 0.3) is 0 Å². The van der Waals surface area contributed by atoms with Crippen molar-refractivity contribution in [2.24, 2.45) is 0 Å². The maximum atomic E-state index is 13.8. The first-order chi connectivity index (χ1) is 13.1. The van der Waals surface area contributed by atoms with Gasteiger partial charge in [0.05, 0.1) is 0 Å². The summed E-state index contributed by atoms with van der Waals surface area (Å²) in [7, 11) is 0. The minimum absolute atomic E-state index is 0.194. The van der Waals surface area contributed by atoms with Gasteiger partial charge >= 0.3 is 0 Å². The van der Waals surface area contributed by atoms with E-state index < -0.39 is 23.1 Å². The molecule has 0 saturated carbocycles. The average molecular weight is 375 g/mol. The molecule has 27 heavy (non-hydrogen) atoms. The molecular formula is C18H19F2N5O2. The summed E-state index contributed by atoms with van der Waals surface area (Å²) in [6.07, 6.45) is 0.798. The zero-order valence-electron chi connectivity index (χ0n) is 14.6. The number of nitrogens with zero attached hydrogens (tertiary/aromatic N) is 3. The highest BCUT2D eigenvalue weighted by Crippen LogP contribution is 2.19. The molecule has 2 N–H and O–H groups in total. The van der Waals surface area contributed by atoms with Gasteiger partial charge in [-0.3, -0.25) is 14.7 Å². The van der Waals surface area contributed by atoms with E-state index in [4.69, 9.17) is 0 Å². The van der Waals surface area contributed by atoms with Gasteiger partial charge in [-0.05, 0) is 12.1 Å². The molecular weight excluding hydrogens is 356 g/mol. The Labute approximate surface area is 154 Å². The van der Waals surface area contributed by atoms with Crippen LogP contribution in [0.5, 0.6) is 0 Å². The molecule has 0 bridgehead atoms. The Bertz CT molecular complexity index is 870. The molecule has 3 heterocycles. The summed E-state index contributed by atoms with van der Waals surface area (Å²) in [5.41, 5.74) is 1.71. The molecule has 142 valence electrons. The third kappa shape index (κ3) is 3.18. The number of rotatable bonds is 2. The molecule has 2 aliphatic rings. The quantitative estimate of drug-likeness (QED) is 0.818. The summed E-state index contributed by atoms with van der Waals surface area (Å²) in [4.78, 5) is 28.2. The number of benzene rings is 1. The highest BCUT2D eigenvalue weighted by molar-refractivity contribution is 5.96. The number of carbonyl (C=O) groups is 2. The number of piperazine rings is 1. The number of hydrogen-bond donors (Lipinski definition) is 2. The summed E-state index contributed by atoms with van der Waals surface area (Å²) in [5.74, 6) is -2.65. The largest absolute Gasteiger partial charge is 0.335 e. The number of carbonyl (C=O) groups excluding carboxylic acids is 2. The van der Waals surface area contributed by atoms with Crippen molar-refractivity contribution in [2.45, 2.75) is 13.0 Å². The molecule has 0 spiro atoms. The molecule has 2 amide bonds. The highest BCUT2D eigenvalue weighted by atomic mass is 19.1. The first kappa shape index (κ1) is 17.6. The minimum atomic E-state index is -0.880. The summed E-state index contributed by atoms with van der Waals surface area (Å²) in [6.45, 7) is 2.44. The van der Waals surface area contributed by atoms with Crippen LogP contribution in [-0.2, 0) is 13.0 Å². The van der Waals surface area contributed by atoms with Gasteiger partial charge in [0.1, 0.15) is 17.2 Å². The lowest BCUT2D eigenvalue weighted by Crippen LogP contribution is -2.51. The Hall–Kier alpha value is -2.81. The maximum absolute atomic E-state index is 13.8. The summed E-state index contributed by atoms with van der Waals surface area (Å²) in [5, 5.41) is 10.3. The topological polar surface area (TPSA) is 81.3 Å². The predicted octanol–water partition coefficient (Wildman–Crippen LogP) is 0.932. The Morgan fingerprint density at radius 1 is 1.00 bits per heavy atom. The molecule has 0 unspecified atom stereocenters. The molecule has 1 saturated heterocycles. The lowest BCUT2D eigenvalue weighted by atomic mass is 10.1. The molecule has 1 aromatic heterocycles. The normalized spacial score (nSPS) is 17.0. The Balaban J connectivity index is 1.44. The second-order valence-electron chi connectivity index (χ2n) is 6.64. The van der Waals surface area contributed by atoms with Gasteiger partial charge in [0, 0.05) is 56.9 Å². The number of H-pyrrole nitrogens is 1. The van der Waals surface area contributed by atoms with E-state index in [1.54, 1.807) is 4.90 Å². The van der Waals surface area contributed by atoms with Crippen LogP contribution in [0.2, 0.25) is 0 Å². The van der Waals surface area contributed by atoms with E-state index in [1.807, 2.05) is 0 Å². The lowest BCUT2D eigenvalue weighted by molar-refractivity contribution is 0.0526. The van der Waals surface area contributed by atoms with Crippen LogP contribution in [0.15, 0.2) is 18.2 Å². The van der Waals surface area contributed by atoms with Gasteiger partial charge in [0.2, 0.25) is 0 Å². The van der Waals surface area contributed by atoms with Crippen molar-refractivity contribution in [1.29, 1.82) is 0 Å². The first-order valence-electron chi connectivity index (χ1n) is 8.85. The molecule has 0 atom stereocenters. The second-order valence-corrected chi connectivity index (χ2v) is 6.64. The first-order valence-corrected chi connectivity index (χ1v) is 8.85. The van der Waals surface area contributed by atoms with E-state index in [2.05, 4.69) is 15.5 Å². The number of hydrogen-bond acceptors (Lipinski definition) is 4. The van der Waals surface area contributed by atoms with E-state index >= 15 is 0 Å². The van der Waals surface area contributed by atoms with Gasteiger partial charge in [-0.25, -0.2) is 8.78 Å². The Kier molecular flexibility index (Phi) is 4.61. The van der Waals surface area contributed by atoms with Crippen LogP contribution in [0.4, 0.5) is 8.78 Å². The average Bonchev–Trinajstić information content (AvgIpc) is 3.11. The standard InChI is InChI=1S/C18H19F2N5O2/c19-12-2-1-3-13(20)15(12)17(26)24-6-8-25(9-7-24)18(27)16-11-10-21-5-4-14(11)22-23-16/h1-3,21H,4-10H2,(H,22,23). The van der Waals surface area contributed by atoms with Crippen molar-refractivity contribution in [3.63, 3.8) is 0 Å². The van der Waals surface area contributed by atoms with Crippen molar-refractivity contribution in [3.8, 4) is 0 Å². The zero-order chi connectivity index (χ0) is 19.0. The number of nitrogens with one attached hydrogen (secondary N) is 2. The molecule has 0 aliphatic carbocycles. The number of aromatic nitrogens is 2. The summed E-state index contributed by atoms with van der Waals surface area (Å²) >= 11 is 0. The molecule has 2 aliphatic heterocycles. The Morgan fingerprint density at radius 3 is 2.30 bits per heavy atom. The van der Waals surface area contributed by atoms with Crippen molar-refractivity contribution in [2.75, 3.05) is 32.7 Å². The van der Waals surface area contributed by atoms with Crippen LogP contribution in [0.1, 0.15) is 32.1 Å². The molecule has 1 aromatic carbocycles. The molecule has 1 fully saturated rings. The third-order valence-electron chi connectivity index (χ3n) is 5.04. The maximum Gasteiger partial charge on any atom is 0.274 e. The van der Waals surface area contributed by atoms with E-state index in [-0.39, 0.29) is 32.1 Å². The van der Waals surface area contributed by atoms with Crippen molar-refractivity contribution >= 4 is 11.8 Å². The smallest absolute Gasteiger partial charge is 0.274 e. The van der Waals surface area contributed by atoms with E-state index in [0.717, 1.165) is 36.4 Å². The number of halogens is 2. The summed E-state index contributed by atoms with van der Waals surface area (Å²) < 4.78 is 27.7. The van der Waals surface area contributed by atoms with Gasteiger partial charge < -0.3 is 15.1 Å². The van der Waals surface area contributed by atoms with E-state index in [9.17, 15) is 18.4 Å². The van der Waals surface area contributed by atoms with E-state index in [0.29, 0.717) is 12.2 Å². The number of amides is 2. The van der Waals surface area contributed by atoms with Crippen LogP contribution in [0.3, 0.4) is 0 Å². The van der Waals surface area contributed by atoms with Crippen molar-refractivity contribution in [3.05, 3.63) is 52.3 Å². The van der Waals surface area contributed by atoms with Gasteiger partial charge in [0.25, 0.3) is 11.8 Å². The fourth-order valence-corrected chi connectivity index (χ4v) is 3.52. The van der Waals surface area contributed by atoms with E-state index in [1.165, 1.54) is 11.0 Å². The fourth-order valence-electron chi connectivity index (χ4n) is 3.52. The third-order valence-corrected chi connectivity index (χ3v) is 5.04. The van der Waals surface area contributed by atoms with Gasteiger partial charge in [-0.1, -0.05) is 6.07 Å². The lowest BCUT2D eigenvalue weighted by Gasteiger charge is -2.34. The monoisotopic (exact) mass is 375 g/mol. The zero-order valence-corrected chi connectivity index (χ0v) is 14.6. The van der Waals surface area contributed by atoms with Crippen LogP contribution < -0.4 is 5.32 Å². The molecule has 4 rings (SSSR count). The van der Waals surface area contributed by atoms with Crippen LogP contribution in [-0.4, -0.2) is 64.5 Å². The molecule has 0 radical (unpaired) electrons. The van der Waals surface area contributed by atoms with Crippen LogP contribution in [0, 0.1) is 11.6 Å². The second kappa shape index (κ2) is 7.07. The SMILES string of the molecule is O=C(c1n[nH]c2c1CNCC2)N1CCN(C(=O)c2c(F)cccc2F)CC1.